The predicted octanol–water partition coefficient (Wildman–Crippen LogP) is 0.474. The minimum Gasteiger partial charge on any atom is -0.328 e. The van der Waals surface area contributed by atoms with E-state index in [4.69, 9.17) is 5.73 Å². The average Bonchev–Trinajstić information content (AvgIpc) is 1.59. The Morgan fingerprint density at radius 1 is 1.22 bits per heavy atom. The molecule has 3 atom stereocenters. The molecule has 0 aromatic rings. The Kier molecular flexibility index (Phi) is 2.09. The topological polar surface area (TPSA) is 38.0 Å². The summed E-state index contributed by atoms with van der Waals surface area (Å²) in [5.41, 5.74) is 5.78. The maximum Gasteiger partial charge on any atom is 0.00682 e. The van der Waals surface area contributed by atoms with E-state index in [-0.39, 0.29) is 0 Å². The van der Waals surface area contributed by atoms with E-state index >= 15 is 0 Å². The van der Waals surface area contributed by atoms with Gasteiger partial charge in [-0.2, -0.15) is 0 Å². The van der Waals surface area contributed by atoms with Crippen LogP contribution in [0.25, 0.3) is 0 Å². The quantitative estimate of drug-likeness (QED) is 0.498. The van der Waals surface area contributed by atoms with Gasteiger partial charge in [0.2, 0.25) is 0 Å². The molecule has 0 unspecified atom stereocenters. The van der Waals surface area contributed by atoms with Crippen molar-refractivity contribution in [3.8, 4) is 0 Å². The Morgan fingerprint density at radius 2 is 1.67 bits per heavy atom. The van der Waals surface area contributed by atoms with Crippen LogP contribution < -0.4 is 11.1 Å². The first kappa shape index (κ1) is 7.03. The largest absolute Gasteiger partial charge is 0.328 e. The van der Waals surface area contributed by atoms with Crippen molar-refractivity contribution in [1.29, 1.82) is 0 Å². The monoisotopic (exact) mass is 128 g/mol. The third-order valence-corrected chi connectivity index (χ3v) is 1.88. The van der Waals surface area contributed by atoms with E-state index in [9.17, 15) is 0 Å². The summed E-state index contributed by atoms with van der Waals surface area (Å²) < 4.78 is 0. The lowest BCUT2D eigenvalue weighted by Crippen LogP contribution is -2.47. The van der Waals surface area contributed by atoms with Crippen LogP contribution in [0.15, 0.2) is 0 Å². The standard InChI is InChI=1S/C7H16N2/c1-5-3-7(8)4-6(2)9-5/h5-7,9H,3-4,8H2,1-2H3/t5-,6+,7+. The minimum absolute atomic E-state index is 0.427. The van der Waals surface area contributed by atoms with Gasteiger partial charge in [-0.25, -0.2) is 0 Å². The highest BCUT2D eigenvalue weighted by Gasteiger charge is 2.19. The van der Waals surface area contributed by atoms with Crippen molar-refractivity contribution in [2.24, 2.45) is 5.73 Å². The summed E-state index contributed by atoms with van der Waals surface area (Å²) in [6, 6.07) is 1.66. The first-order chi connectivity index (χ1) is 4.18. The molecule has 0 bridgehead atoms. The van der Waals surface area contributed by atoms with Gasteiger partial charge in [-0.3, -0.25) is 0 Å². The highest BCUT2D eigenvalue weighted by molar-refractivity contribution is 4.82. The molecule has 2 heteroatoms. The van der Waals surface area contributed by atoms with Crippen LogP contribution >= 0.6 is 0 Å². The third-order valence-electron chi connectivity index (χ3n) is 1.88. The van der Waals surface area contributed by atoms with Crippen molar-refractivity contribution in [2.75, 3.05) is 0 Å². The SMILES string of the molecule is C[C@@H]1C[C@H](N)C[C@H](C)N1. The van der Waals surface area contributed by atoms with Crippen LogP contribution in [-0.4, -0.2) is 18.1 Å². The van der Waals surface area contributed by atoms with Gasteiger partial charge in [0.05, 0.1) is 0 Å². The Morgan fingerprint density at radius 3 is 2.00 bits per heavy atom. The molecule has 0 aromatic carbocycles. The minimum atomic E-state index is 0.427. The molecule has 1 aliphatic heterocycles. The van der Waals surface area contributed by atoms with E-state index in [1.807, 2.05) is 0 Å². The lowest BCUT2D eigenvalue weighted by Gasteiger charge is -2.30. The predicted molar refractivity (Wildman–Crippen MR) is 39.3 cm³/mol. The first-order valence-corrected chi connectivity index (χ1v) is 3.70. The highest BCUT2D eigenvalue weighted by atomic mass is 15.0. The van der Waals surface area contributed by atoms with Gasteiger partial charge in [0.1, 0.15) is 0 Å². The van der Waals surface area contributed by atoms with Crippen LogP contribution in [0.4, 0.5) is 0 Å². The Balaban J connectivity index is 2.34. The first-order valence-electron chi connectivity index (χ1n) is 3.70. The van der Waals surface area contributed by atoms with E-state index in [2.05, 4.69) is 19.2 Å². The number of hydrogen-bond donors (Lipinski definition) is 2. The average molecular weight is 128 g/mol. The fourth-order valence-corrected chi connectivity index (χ4v) is 1.63. The van der Waals surface area contributed by atoms with Crippen molar-refractivity contribution in [1.82, 2.24) is 5.32 Å². The Labute approximate surface area is 56.8 Å². The fourth-order valence-electron chi connectivity index (χ4n) is 1.63. The van der Waals surface area contributed by atoms with E-state index in [1.165, 1.54) is 0 Å². The van der Waals surface area contributed by atoms with Crippen molar-refractivity contribution in [3.63, 3.8) is 0 Å². The van der Waals surface area contributed by atoms with Crippen LogP contribution in [0.5, 0.6) is 0 Å². The van der Waals surface area contributed by atoms with Gasteiger partial charge in [0.15, 0.2) is 0 Å². The van der Waals surface area contributed by atoms with Crippen LogP contribution in [0.1, 0.15) is 26.7 Å². The third kappa shape index (κ3) is 1.95. The molecular weight excluding hydrogens is 112 g/mol. The zero-order valence-corrected chi connectivity index (χ0v) is 6.22. The van der Waals surface area contributed by atoms with Gasteiger partial charge in [-0.15, -0.1) is 0 Å². The molecule has 1 heterocycles. The van der Waals surface area contributed by atoms with Crippen LogP contribution in [0.3, 0.4) is 0 Å². The highest BCUT2D eigenvalue weighted by Crippen LogP contribution is 2.10. The molecule has 2 nitrogen and oxygen atoms in total. The fraction of sp³-hybridized carbons (Fsp3) is 1.00. The Hall–Kier alpha value is -0.0800. The van der Waals surface area contributed by atoms with Gasteiger partial charge >= 0.3 is 0 Å². The van der Waals surface area contributed by atoms with E-state index in [0.29, 0.717) is 18.1 Å². The summed E-state index contributed by atoms with van der Waals surface area (Å²) in [5, 5.41) is 3.43. The second-order valence-corrected chi connectivity index (χ2v) is 3.20. The molecule has 1 aliphatic rings. The molecule has 1 rings (SSSR count). The molecule has 0 aliphatic carbocycles. The lowest BCUT2D eigenvalue weighted by atomic mass is 9.96. The van der Waals surface area contributed by atoms with Crippen molar-refractivity contribution < 1.29 is 0 Å². The molecule has 9 heavy (non-hydrogen) atoms. The molecule has 0 saturated carbocycles. The van der Waals surface area contributed by atoms with Crippen LogP contribution in [0, 0.1) is 0 Å². The summed E-state index contributed by atoms with van der Waals surface area (Å²) in [6.07, 6.45) is 2.26. The number of hydrogen-bond acceptors (Lipinski definition) is 2. The molecule has 54 valence electrons. The van der Waals surface area contributed by atoms with Crippen molar-refractivity contribution in [2.45, 2.75) is 44.8 Å². The molecule has 3 N–H and O–H groups in total. The summed E-state index contributed by atoms with van der Waals surface area (Å²) in [7, 11) is 0. The molecule has 0 amide bonds. The van der Waals surface area contributed by atoms with Gasteiger partial charge < -0.3 is 11.1 Å². The molecule has 0 aromatic heterocycles. The lowest BCUT2D eigenvalue weighted by molar-refractivity contribution is 0.317. The summed E-state index contributed by atoms with van der Waals surface area (Å²) >= 11 is 0. The second kappa shape index (κ2) is 2.67. The molecule has 0 radical (unpaired) electrons. The molecule has 0 spiro atoms. The maximum absolute atomic E-state index is 5.78. The van der Waals surface area contributed by atoms with Crippen molar-refractivity contribution >= 4 is 0 Å². The molecule has 1 fully saturated rings. The maximum atomic E-state index is 5.78. The Bertz CT molecular complexity index is 67.9. The van der Waals surface area contributed by atoms with Crippen molar-refractivity contribution in [3.05, 3.63) is 0 Å². The molecular formula is C7H16N2. The number of nitrogens with one attached hydrogen (secondary N) is 1. The van der Waals surface area contributed by atoms with E-state index in [1.54, 1.807) is 0 Å². The zero-order valence-electron chi connectivity index (χ0n) is 6.22. The summed E-state index contributed by atoms with van der Waals surface area (Å²) in [5.74, 6) is 0. The van der Waals surface area contributed by atoms with Gasteiger partial charge in [-0.1, -0.05) is 0 Å². The van der Waals surface area contributed by atoms with Gasteiger partial charge in [-0.05, 0) is 26.7 Å². The van der Waals surface area contributed by atoms with E-state index < -0.39 is 0 Å². The van der Waals surface area contributed by atoms with Crippen LogP contribution in [-0.2, 0) is 0 Å². The van der Waals surface area contributed by atoms with Crippen LogP contribution in [0.2, 0.25) is 0 Å². The second-order valence-electron chi connectivity index (χ2n) is 3.20. The van der Waals surface area contributed by atoms with E-state index in [0.717, 1.165) is 12.8 Å². The summed E-state index contributed by atoms with van der Waals surface area (Å²) in [4.78, 5) is 0. The van der Waals surface area contributed by atoms with Gasteiger partial charge in [0.25, 0.3) is 0 Å². The normalized spacial score (nSPS) is 45.0. The summed E-state index contributed by atoms with van der Waals surface area (Å²) in [6.45, 7) is 4.38. The van der Waals surface area contributed by atoms with Gasteiger partial charge in [0, 0.05) is 18.1 Å². The number of piperidine rings is 1. The number of nitrogens with two attached hydrogens (primary N) is 1. The molecule has 1 saturated heterocycles. The smallest absolute Gasteiger partial charge is 0.00682 e. The zero-order chi connectivity index (χ0) is 6.85. The number of rotatable bonds is 0.